The van der Waals surface area contributed by atoms with Crippen LogP contribution in [0.3, 0.4) is 0 Å². The lowest BCUT2D eigenvalue weighted by atomic mass is 10.1. The number of fused-ring (bicyclic) bond motifs is 1. The van der Waals surface area contributed by atoms with Gasteiger partial charge in [0.25, 0.3) is 0 Å². The molecule has 0 bridgehead atoms. The van der Waals surface area contributed by atoms with Gasteiger partial charge in [-0.1, -0.05) is 11.3 Å². The number of nitrogens with one attached hydrogen (secondary N) is 1. The molecule has 0 fully saturated rings. The molecule has 1 aliphatic rings. The average molecular weight is 199 g/mol. The third-order valence-electron chi connectivity index (χ3n) is 1.90. The lowest BCUT2D eigenvalue weighted by Gasteiger charge is -2.12. The number of thiazole rings is 1. The number of anilines is 1. The SMILES string of the molecule is O=C(O)C1CNc2scc[n+]2C1=O. The Morgan fingerprint density at radius 1 is 1.77 bits per heavy atom. The van der Waals surface area contributed by atoms with Gasteiger partial charge in [0.2, 0.25) is 0 Å². The first kappa shape index (κ1) is 8.18. The zero-order valence-electron chi connectivity index (χ0n) is 6.56. The molecule has 1 atom stereocenters. The van der Waals surface area contributed by atoms with Crippen LogP contribution in [0, 0.1) is 5.92 Å². The van der Waals surface area contributed by atoms with Crippen LogP contribution in [0.1, 0.15) is 4.79 Å². The molecule has 13 heavy (non-hydrogen) atoms. The highest BCUT2D eigenvalue weighted by Crippen LogP contribution is 2.15. The Labute approximate surface area is 77.6 Å². The van der Waals surface area contributed by atoms with Gasteiger partial charge < -0.3 is 5.11 Å². The maximum absolute atomic E-state index is 11.5. The van der Waals surface area contributed by atoms with E-state index in [1.807, 2.05) is 0 Å². The lowest BCUT2D eigenvalue weighted by Crippen LogP contribution is -2.55. The number of carboxylic acid groups (broad SMARTS) is 1. The van der Waals surface area contributed by atoms with Gasteiger partial charge in [0, 0.05) is 5.38 Å². The van der Waals surface area contributed by atoms with Crippen LogP contribution in [0.25, 0.3) is 0 Å². The number of rotatable bonds is 1. The average Bonchev–Trinajstić information content (AvgIpc) is 2.52. The van der Waals surface area contributed by atoms with Crippen LogP contribution >= 0.6 is 11.3 Å². The number of hydrogen-bond acceptors (Lipinski definition) is 4. The Bertz CT molecular complexity index is 374. The third-order valence-corrected chi connectivity index (χ3v) is 2.72. The number of aromatic nitrogens is 1. The number of carbonyl (C=O) groups is 2. The molecule has 1 aromatic heterocycles. The minimum Gasteiger partial charge on any atom is -0.480 e. The van der Waals surface area contributed by atoms with Crippen LogP contribution in [-0.4, -0.2) is 23.5 Å². The van der Waals surface area contributed by atoms with Crippen LogP contribution in [0.15, 0.2) is 11.6 Å². The Morgan fingerprint density at radius 2 is 2.54 bits per heavy atom. The van der Waals surface area contributed by atoms with Gasteiger partial charge in [-0.3, -0.25) is 10.1 Å². The second-order valence-corrected chi connectivity index (χ2v) is 3.58. The van der Waals surface area contributed by atoms with E-state index in [4.69, 9.17) is 5.11 Å². The largest absolute Gasteiger partial charge is 0.480 e. The molecule has 6 heteroatoms. The van der Waals surface area contributed by atoms with Crippen LogP contribution in [-0.2, 0) is 4.79 Å². The molecule has 0 radical (unpaired) electrons. The van der Waals surface area contributed by atoms with Crippen molar-refractivity contribution in [1.82, 2.24) is 0 Å². The summed E-state index contributed by atoms with van der Waals surface area (Å²) in [5, 5.41) is 14.0. The number of hydrogen-bond donors (Lipinski definition) is 2. The molecule has 1 unspecified atom stereocenters. The minimum atomic E-state index is -1.08. The Kier molecular flexibility index (Phi) is 1.77. The van der Waals surface area contributed by atoms with Crippen molar-refractivity contribution in [1.29, 1.82) is 0 Å². The molecule has 1 aliphatic heterocycles. The van der Waals surface area contributed by atoms with Crippen LogP contribution in [0.5, 0.6) is 0 Å². The predicted octanol–water partition coefficient (Wildman–Crippen LogP) is -0.198. The van der Waals surface area contributed by atoms with E-state index in [9.17, 15) is 9.59 Å². The monoisotopic (exact) mass is 199 g/mol. The summed E-state index contributed by atoms with van der Waals surface area (Å²) in [6.07, 6.45) is 1.57. The fraction of sp³-hybridized carbons (Fsp3) is 0.286. The minimum absolute atomic E-state index is 0.175. The second-order valence-electron chi connectivity index (χ2n) is 2.69. The predicted molar refractivity (Wildman–Crippen MR) is 44.8 cm³/mol. The van der Waals surface area contributed by atoms with Crippen molar-refractivity contribution in [2.45, 2.75) is 0 Å². The molecular weight excluding hydrogens is 192 g/mol. The third kappa shape index (κ3) is 1.19. The van der Waals surface area contributed by atoms with Crippen molar-refractivity contribution in [3.63, 3.8) is 0 Å². The fourth-order valence-corrected chi connectivity index (χ4v) is 1.96. The van der Waals surface area contributed by atoms with Crippen molar-refractivity contribution in [2.75, 3.05) is 11.9 Å². The van der Waals surface area contributed by atoms with Gasteiger partial charge in [-0.2, -0.15) is 4.57 Å². The van der Waals surface area contributed by atoms with Gasteiger partial charge in [0.1, 0.15) is 12.7 Å². The molecule has 0 saturated heterocycles. The van der Waals surface area contributed by atoms with Gasteiger partial charge in [0.15, 0.2) is 5.92 Å². The van der Waals surface area contributed by atoms with Gasteiger partial charge in [-0.25, -0.2) is 4.79 Å². The maximum atomic E-state index is 11.5. The van der Waals surface area contributed by atoms with Crippen LogP contribution < -0.4 is 9.88 Å². The molecule has 1 aromatic rings. The van der Waals surface area contributed by atoms with Gasteiger partial charge in [-0.05, 0) is 0 Å². The van der Waals surface area contributed by atoms with E-state index in [0.717, 1.165) is 0 Å². The molecule has 5 nitrogen and oxygen atoms in total. The van der Waals surface area contributed by atoms with E-state index < -0.39 is 11.9 Å². The smallest absolute Gasteiger partial charge is 0.341 e. The highest BCUT2D eigenvalue weighted by atomic mass is 32.1. The number of carbonyl (C=O) groups excluding carboxylic acids is 1. The molecule has 0 saturated carbocycles. The molecule has 0 amide bonds. The molecule has 2 heterocycles. The first-order valence-corrected chi connectivity index (χ1v) is 4.58. The molecule has 2 rings (SSSR count). The van der Waals surface area contributed by atoms with Gasteiger partial charge in [0.05, 0.1) is 0 Å². The zero-order valence-corrected chi connectivity index (χ0v) is 7.37. The molecule has 2 N–H and O–H groups in total. The molecule has 0 aliphatic carbocycles. The summed E-state index contributed by atoms with van der Waals surface area (Å²) < 4.78 is 1.34. The first-order valence-electron chi connectivity index (χ1n) is 3.70. The highest BCUT2D eigenvalue weighted by molar-refractivity contribution is 7.13. The summed E-state index contributed by atoms with van der Waals surface area (Å²) in [5.41, 5.74) is 0. The van der Waals surface area contributed by atoms with E-state index in [1.165, 1.54) is 15.9 Å². The summed E-state index contributed by atoms with van der Waals surface area (Å²) in [7, 11) is 0. The quantitative estimate of drug-likeness (QED) is 0.485. The molecule has 0 spiro atoms. The zero-order chi connectivity index (χ0) is 9.42. The van der Waals surface area contributed by atoms with Crippen molar-refractivity contribution in [2.24, 2.45) is 5.92 Å². The maximum Gasteiger partial charge on any atom is 0.341 e. The Balaban J connectivity index is 2.38. The number of carboxylic acids is 1. The summed E-state index contributed by atoms with van der Waals surface area (Å²) in [4.78, 5) is 22.1. The van der Waals surface area contributed by atoms with E-state index in [-0.39, 0.29) is 12.5 Å². The second kappa shape index (κ2) is 2.81. The van der Waals surface area contributed by atoms with Crippen molar-refractivity contribution < 1.29 is 19.3 Å². The molecule has 0 aromatic carbocycles. The summed E-state index contributed by atoms with van der Waals surface area (Å²) >= 11 is 1.38. The van der Waals surface area contributed by atoms with Gasteiger partial charge >= 0.3 is 17.0 Å². The first-order chi connectivity index (χ1) is 6.20. The Hall–Kier alpha value is -1.43. The topological polar surface area (TPSA) is 70.3 Å². The summed E-state index contributed by atoms with van der Waals surface area (Å²) in [5.74, 6) is -2.42. The van der Waals surface area contributed by atoms with Crippen LogP contribution in [0.4, 0.5) is 5.13 Å². The van der Waals surface area contributed by atoms with Crippen LogP contribution in [0.2, 0.25) is 0 Å². The summed E-state index contributed by atoms with van der Waals surface area (Å²) in [6.45, 7) is 0.175. The van der Waals surface area contributed by atoms with E-state index in [2.05, 4.69) is 5.32 Å². The molecular formula is C7H7N2O3S+. The summed E-state index contributed by atoms with van der Waals surface area (Å²) in [6, 6.07) is 0. The Morgan fingerprint density at radius 3 is 3.23 bits per heavy atom. The number of aliphatic carboxylic acids is 1. The van der Waals surface area contributed by atoms with Crippen molar-refractivity contribution >= 4 is 28.3 Å². The van der Waals surface area contributed by atoms with E-state index >= 15 is 0 Å². The lowest BCUT2D eigenvalue weighted by molar-refractivity contribution is -0.559. The van der Waals surface area contributed by atoms with Crippen molar-refractivity contribution in [3.05, 3.63) is 11.6 Å². The van der Waals surface area contributed by atoms with E-state index in [1.54, 1.807) is 11.6 Å². The fourth-order valence-electron chi connectivity index (χ4n) is 1.22. The highest BCUT2D eigenvalue weighted by Gasteiger charge is 2.39. The molecule has 68 valence electrons. The van der Waals surface area contributed by atoms with Gasteiger partial charge in [-0.15, -0.1) is 0 Å². The normalized spacial score (nSPS) is 20.6. The number of nitrogens with zero attached hydrogens (tertiary/aromatic N) is 1. The van der Waals surface area contributed by atoms with Crippen molar-refractivity contribution in [3.8, 4) is 0 Å². The standard InChI is InChI=1S/C7H6N2O3S/c10-5-4(6(11)12)3-8-7-9(5)1-2-13-7/h1-2,4H,3H2,(H,11,12)/p+1. The van der Waals surface area contributed by atoms with E-state index in [0.29, 0.717) is 5.13 Å².